The summed E-state index contributed by atoms with van der Waals surface area (Å²) in [5, 5.41) is 6.83. The first-order valence-corrected chi connectivity index (χ1v) is 5.33. The molecule has 2 N–H and O–H groups in total. The molecule has 1 heterocycles. The zero-order valence-electron chi connectivity index (χ0n) is 8.82. The molecule has 1 rings (SSSR count). The maximum absolute atomic E-state index is 12.6. The van der Waals surface area contributed by atoms with E-state index in [9.17, 15) is 9.18 Å². The highest BCUT2D eigenvalue weighted by Gasteiger charge is 2.15. The molecule has 0 atom stereocenters. The molecule has 0 bridgehead atoms. The van der Waals surface area contributed by atoms with E-state index >= 15 is 0 Å². The average molecular weight is 232 g/mol. The summed E-state index contributed by atoms with van der Waals surface area (Å²) in [4.78, 5) is 11.1. The molecule has 0 aromatic carbocycles. The minimum atomic E-state index is -1.18. The van der Waals surface area contributed by atoms with E-state index in [4.69, 9.17) is 5.84 Å². The van der Waals surface area contributed by atoms with Gasteiger partial charge in [-0.25, -0.2) is 0 Å². The number of thioether (sulfide) groups is 1. The van der Waals surface area contributed by atoms with Gasteiger partial charge in [0.05, 0.1) is 0 Å². The van der Waals surface area contributed by atoms with Crippen LogP contribution >= 0.6 is 11.8 Å². The average Bonchev–Trinajstić information content (AvgIpc) is 2.12. The van der Waals surface area contributed by atoms with Gasteiger partial charge in [0.1, 0.15) is 0 Å². The molecule has 0 amide bonds. The van der Waals surface area contributed by atoms with Crippen LogP contribution in [-0.2, 0) is 0 Å². The summed E-state index contributed by atoms with van der Waals surface area (Å²) in [5.74, 6) is 4.88. The summed E-state index contributed by atoms with van der Waals surface area (Å²) < 4.78 is 13.3. The molecule has 0 radical (unpaired) electrons. The molecule has 5 nitrogen and oxygen atoms in total. The van der Waals surface area contributed by atoms with Crippen LogP contribution in [0.5, 0.6) is 0 Å². The van der Waals surface area contributed by atoms with Crippen molar-refractivity contribution in [3.63, 3.8) is 0 Å². The van der Waals surface area contributed by atoms with Crippen LogP contribution in [0.1, 0.15) is 20.8 Å². The molecule has 15 heavy (non-hydrogen) atoms. The fourth-order valence-corrected chi connectivity index (χ4v) is 1.63. The van der Waals surface area contributed by atoms with Crippen molar-refractivity contribution in [3.05, 3.63) is 16.3 Å². The molecule has 0 aliphatic rings. The Hall–Kier alpha value is -1.11. The third-order valence-electron chi connectivity index (χ3n) is 1.46. The van der Waals surface area contributed by atoms with E-state index in [2.05, 4.69) is 10.2 Å². The van der Waals surface area contributed by atoms with Gasteiger partial charge < -0.3 is 5.84 Å². The number of hydrogen-bond donors (Lipinski definition) is 1. The smallest absolute Gasteiger partial charge is 0.328 e. The van der Waals surface area contributed by atoms with Crippen molar-refractivity contribution in [1.82, 2.24) is 14.9 Å². The Morgan fingerprint density at radius 3 is 2.60 bits per heavy atom. The van der Waals surface area contributed by atoms with E-state index in [0.717, 1.165) is 0 Å². The molecule has 0 fully saturated rings. The molecular formula is C8H13FN4OS. The summed E-state index contributed by atoms with van der Waals surface area (Å²) in [6.45, 7) is 6.11. The standard InChI is InChI=1S/C8H13FN4OS/c1-8(2,3)4-15-7-12-11-5(9)6(14)13(7)10/h4,10H2,1-3H3. The normalized spacial score (nSPS) is 11.7. The van der Waals surface area contributed by atoms with E-state index in [-0.39, 0.29) is 10.6 Å². The largest absolute Gasteiger partial charge is 0.334 e. The number of aromatic nitrogens is 3. The van der Waals surface area contributed by atoms with E-state index in [0.29, 0.717) is 10.4 Å². The van der Waals surface area contributed by atoms with Crippen molar-refractivity contribution in [3.8, 4) is 0 Å². The Bertz CT molecular complexity index is 412. The van der Waals surface area contributed by atoms with Gasteiger partial charge in [0.2, 0.25) is 5.16 Å². The number of halogens is 1. The van der Waals surface area contributed by atoms with Crippen molar-refractivity contribution >= 4 is 11.8 Å². The summed E-state index contributed by atoms with van der Waals surface area (Å²) >= 11 is 1.27. The summed E-state index contributed by atoms with van der Waals surface area (Å²) in [6.07, 6.45) is 0. The lowest BCUT2D eigenvalue weighted by Gasteiger charge is -2.16. The number of nitrogens with zero attached hydrogens (tertiary/aromatic N) is 3. The first-order chi connectivity index (χ1) is 6.81. The molecular weight excluding hydrogens is 219 g/mol. The lowest BCUT2D eigenvalue weighted by atomic mass is 10.0. The SMILES string of the molecule is CC(C)(C)CSc1nnc(F)c(=O)n1N. The first-order valence-electron chi connectivity index (χ1n) is 4.34. The zero-order valence-corrected chi connectivity index (χ0v) is 9.64. The number of rotatable bonds is 2. The Labute approximate surface area is 90.9 Å². The molecule has 1 aromatic rings. The van der Waals surface area contributed by atoms with E-state index < -0.39 is 11.5 Å². The van der Waals surface area contributed by atoms with Crippen LogP contribution in [0, 0.1) is 11.4 Å². The van der Waals surface area contributed by atoms with Gasteiger partial charge in [-0.05, 0) is 5.41 Å². The summed E-state index contributed by atoms with van der Waals surface area (Å²) in [7, 11) is 0. The second kappa shape index (κ2) is 4.18. The quantitative estimate of drug-likeness (QED) is 0.598. The number of nitrogen functional groups attached to an aromatic ring is 1. The minimum Gasteiger partial charge on any atom is -0.334 e. The van der Waals surface area contributed by atoms with E-state index in [1.807, 2.05) is 20.8 Å². The highest BCUT2D eigenvalue weighted by atomic mass is 32.2. The van der Waals surface area contributed by atoms with Crippen molar-refractivity contribution < 1.29 is 4.39 Å². The van der Waals surface area contributed by atoms with Crippen molar-refractivity contribution in [1.29, 1.82) is 0 Å². The third kappa shape index (κ3) is 3.19. The fraction of sp³-hybridized carbons (Fsp3) is 0.625. The molecule has 0 saturated carbocycles. The van der Waals surface area contributed by atoms with Gasteiger partial charge in [-0.2, -0.15) is 9.07 Å². The Balaban J connectivity index is 2.89. The third-order valence-corrected chi connectivity index (χ3v) is 3.01. The van der Waals surface area contributed by atoms with Crippen molar-refractivity contribution in [2.75, 3.05) is 11.6 Å². The van der Waals surface area contributed by atoms with Crippen LogP contribution in [0.2, 0.25) is 0 Å². The molecule has 0 aliphatic heterocycles. The monoisotopic (exact) mass is 232 g/mol. The molecule has 7 heteroatoms. The van der Waals surface area contributed by atoms with Crippen LogP contribution < -0.4 is 11.4 Å². The van der Waals surface area contributed by atoms with Crippen LogP contribution in [-0.4, -0.2) is 20.6 Å². The summed E-state index contributed by atoms with van der Waals surface area (Å²) in [5.41, 5.74) is -0.891. The first kappa shape index (κ1) is 12.0. The highest BCUT2D eigenvalue weighted by Crippen LogP contribution is 2.23. The van der Waals surface area contributed by atoms with Crippen LogP contribution in [0.4, 0.5) is 4.39 Å². The second-order valence-electron chi connectivity index (χ2n) is 4.30. The van der Waals surface area contributed by atoms with Gasteiger partial charge in [0.15, 0.2) is 0 Å². The maximum atomic E-state index is 12.6. The molecule has 0 saturated heterocycles. The minimum absolute atomic E-state index is 0.0663. The predicted octanol–water partition coefficient (Wildman–Crippen LogP) is 0.629. The van der Waals surface area contributed by atoms with Crippen LogP contribution in [0.15, 0.2) is 9.95 Å². The van der Waals surface area contributed by atoms with Gasteiger partial charge in [0.25, 0.3) is 5.95 Å². The fourth-order valence-electron chi connectivity index (χ4n) is 0.743. The van der Waals surface area contributed by atoms with Gasteiger partial charge in [0, 0.05) is 5.75 Å². The van der Waals surface area contributed by atoms with Gasteiger partial charge >= 0.3 is 5.56 Å². The Morgan fingerprint density at radius 1 is 1.47 bits per heavy atom. The lowest BCUT2D eigenvalue weighted by molar-refractivity contribution is 0.476. The highest BCUT2D eigenvalue weighted by molar-refractivity contribution is 7.99. The number of hydrogen-bond acceptors (Lipinski definition) is 5. The summed E-state index contributed by atoms with van der Waals surface area (Å²) in [6, 6.07) is 0. The Morgan fingerprint density at radius 2 is 2.07 bits per heavy atom. The van der Waals surface area contributed by atoms with Gasteiger partial charge in [-0.15, -0.1) is 10.2 Å². The van der Waals surface area contributed by atoms with Gasteiger partial charge in [-0.1, -0.05) is 32.5 Å². The van der Waals surface area contributed by atoms with Gasteiger partial charge in [-0.3, -0.25) is 4.79 Å². The molecule has 1 aromatic heterocycles. The van der Waals surface area contributed by atoms with Crippen molar-refractivity contribution in [2.24, 2.45) is 5.41 Å². The molecule has 84 valence electrons. The molecule has 0 unspecified atom stereocenters. The molecule has 0 aliphatic carbocycles. The lowest BCUT2D eigenvalue weighted by Crippen LogP contribution is -2.33. The van der Waals surface area contributed by atoms with Crippen LogP contribution in [0.25, 0.3) is 0 Å². The van der Waals surface area contributed by atoms with Crippen molar-refractivity contribution in [2.45, 2.75) is 25.9 Å². The predicted molar refractivity (Wildman–Crippen MR) is 56.6 cm³/mol. The number of nitrogens with two attached hydrogens (primary N) is 1. The van der Waals surface area contributed by atoms with E-state index in [1.165, 1.54) is 11.8 Å². The van der Waals surface area contributed by atoms with E-state index in [1.54, 1.807) is 0 Å². The Kier molecular flexibility index (Phi) is 3.33. The van der Waals surface area contributed by atoms with Crippen LogP contribution in [0.3, 0.4) is 0 Å². The zero-order chi connectivity index (χ0) is 11.6. The second-order valence-corrected chi connectivity index (χ2v) is 5.24. The maximum Gasteiger partial charge on any atom is 0.328 e. The topological polar surface area (TPSA) is 73.8 Å². The molecule has 0 spiro atoms.